The zero-order valence-electron chi connectivity index (χ0n) is 9.79. The van der Waals surface area contributed by atoms with Crippen LogP contribution in [0.3, 0.4) is 0 Å². The van der Waals surface area contributed by atoms with E-state index in [0.717, 1.165) is 43.0 Å². The number of carbonyl (C=O) groups is 1. The number of rotatable bonds is 1. The Morgan fingerprint density at radius 1 is 1.38 bits per heavy atom. The van der Waals surface area contributed by atoms with Crippen LogP contribution in [0.5, 0.6) is 0 Å². The largest absolute Gasteiger partial charge is 0.336 e. The van der Waals surface area contributed by atoms with E-state index in [1.165, 1.54) is 0 Å². The van der Waals surface area contributed by atoms with Crippen LogP contribution < -0.4 is 5.32 Å². The van der Waals surface area contributed by atoms with Crippen molar-refractivity contribution in [1.29, 1.82) is 0 Å². The summed E-state index contributed by atoms with van der Waals surface area (Å²) >= 11 is 0. The van der Waals surface area contributed by atoms with Gasteiger partial charge >= 0.3 is 0 Å². The van der Waals surface area contributed by atoms with Gasteiger partial charge in [-0.1, -0.05) is 0 Å². The summed E-state index contributed by atoms with van der Waals surface area (Å²) in [6.45, 7) is 7.22. The Kier molecular flexibility index (Phi) is 3.19. The van der Waals surface area contributed by atoms with Gasteiger partial charge < -0.3 is 10.2 Å². The van der Waals surface area contributed by atoms with E-state index < -0.39 is 0 Å². The number of nitrogens with one attached hydrogen (secondary N) is 1. The first kappa shape index (κ1) is 11.1. The molecule has 1 saturated heterocycles. The summed E-state index contributed by atoms with van der Waals surface area (Å²) in [4.78, 5) is 18.3. The van der Waals surface area contributed by atoms with Gasteiger partial charge in [-0.3, -0.25) is 9.78 Å². The molecule has 0 radical (unpaired) electrons. The van der Waals surface area contributed by atoms with Crippen LogP contribution in [0.2, 0.25) is 0 Å². The van der Waals surface area contributed by atoms with E-state index in [1.54, 1.807) is 6.20 Å². The summed E-state index contributed by atoms with van der Waals surface area (Å²) < 4.78 is 0. The molecule has 1 fully saturated rings. The number of aromatic nitrogens is 1. The number of aryl methyl sites for hydroxylation is 2. The number of pyridine rings is 1. The van der Waals surface area contributed by atoms with Crippen LogP contribution in [-0.4, -0.2) is 42.0 Å². The molecule has 1 N–H and O–H groups in total. The molecular weight excluding hydrogens is 202 g/mol. The van der Waals surface area contributed by atoms with Gasteiger partial charge in [-0.15, -0.1) is 0 Å². The minimum Gasteiger partial charge on any atom is -0.336 e. The van der Waals surface area contributed by atoms with Gasteiger partial charge in [-0.25, -0.2) is 0 Å². The van der Waals surface area contributed by atoms with Crippen LogP contribution >= 0.6 is 0 Å². The third-order valence-electron chi connectivity index (χ3n) is 2.88. The lowest BCUT2D eigenvalue weighted by molar-refractivity contribution is 0.0734. The maximum Gasteiger partial charge on any atom is 0.255 e. The van der Waals surface area contributed by atoms with Crippen molar-refractivity contribution in [3.63, 3.8) is 0 Å². The summed E-state index contributed by atoms with van der Waals surface area (Å²) in [6, 6.07) is 1.95. The van der Waals surface area contributed by atoms with E-state index in [-0.39, 0.29) is 5.91 Å². The third kappa shape index (κ3) is 2.22. The van der Waals surface area contributed by atoms with Crippen LogP contribution in [0.15, 0.2) is 12.3 Å². The Labute approximate surface area is 95.7 Å². The van der Waals surface area contributed by atoms with Crippen molar-refractivity contribution in [2.75, 3.05) is 26.2 Å². The van der Waals surface area contributed by atoms with E-state index in [4.69, 9.17) is 0 Å². The summed E-state index contributed by atoms with van der Waals surface area (Å²) in [5.41, 5.74) is 2.69. The normalized spacial score (nSPS) is 16.2. The molecule has 2 rings (SSSR count). The molecular formula is C12H17N3O. The molecule has 0 aliphatic carbocycles. The molecule has 1 aliphatic rings. The van der Waals surface area contributed by atoms with Gasteiger partial charge in [-0.2, -0.15) is 0 Å². The maximum absolute atomic E-state index is 12.2. The molecule has 1 aromatic rings. The average Bonchev–Trinajstić information content (AvgIpc) is 2.29. The molecule has 0 bridgehead atoms. The molecule has 0 saturated carbocycles. The number of piperazine rings is 1. The zero-order chi connectivity index (χ0) is 11.5. The number of hydrogen-bond donors (Lipinski definition) is 1. The van der Waals surface area contributed by atoms with Crippen molar-refractivity contribution in [2.24, 2.45) is 0 Å². The van der Waals surface area contributed by atoms with E-state index >= 15 is 0 Å². The van der Waals surface area contributed by atoms with E-state index in [1.807, 2.05) is 24.8 Å². The highest BCUT2D eigenvalue weighted by Crippen LogP contribution is 2.11. The Hall–Kier alpha value is -1.42. The van der Waals surface area contributed by atoms with Gasteiger partial charge in [0.25, 0.3) is 5.91 Å². The molecule has 0 spiro atoms. The Bertz CT molecular complexity index is 397. The van der Waals surface area contributed by atoms with E-state index in [2.05, 4.69) is 10.3 Å². The first-order chi connectivity index (χ1) is 7.68. The second-order valence-corrected chi connectivity index (χ2v) is 4.18. The second kappa shape index (κ2) is 4.61. The summed E-state index contributed by atoms with van der Waals surface area (Å²) in [5, 5.41) is 3.24. The van der Waals surface area contributed by atoms with Gasteiger partial charge in [0.05, 0.1) is 5.56 Å². The fraction of sp³-hybridized carbons (Fsp3) is 0.500. The zero-order valence-corrected chi connectivity index (χ0v) is 9.79. The van der Waals surface area contributed by atoms with Crippen molar-refractivity contribution in [2.45, 2.75) is 13.8 Å². The molecule has 4 heteroatoms. The molecule has 16 heavy (non-hydrogen) atoms. The summed E-state index contributed by atoms with van der Waals surface area (Å²) in [6.07, 6.45) is 1.69. The van der Waals surface area contributed by atoms with Crippen LogP contribution in [0.25, 0.3) is 0 Å². The predicted molar refractivity (Wildman–Crippen MR) is 62.5 cm³/mol. The van der Waals surface area contributed by atoms with Crippen molar-refractivity contribution in [3.8, 4) is 0 Å². The number of carbonyl (C=O) groups excluding carboxylic acids is 1. The van der Waals surface area contributed by atoms with Gasteiger partial charge in [0.2, 0.25) is 0 Å². The highest BCUT2D eigenvalue weighted by molar-refractivity contribution is 5.95. The monoisotopic (exact) mass is 219 g/mol. The lowest BCUT2D eigenvalue weighted by Gasteiger charge is -2.27. The minimum absolute atomic E-state index is 0.103. The minimum atomic E-state index is 0.103. The van der Waals surface area contributed by atoms with Crippen LogP contribution in [0.1, 0.15) is 21.6 Å². The van der Waals surface area contributed by atoms with Crippen LogP contribution in [-0.2, 0) is 0 Å². The first-order valence-electron chi connectivity index (χ1n) is 5.62. The average molecular weight is 219 g/mol. The van der Waals surface area contributed by atoms with Crippen LogP contribution in [0.4, 0.5) is 0 Å². The molecule has 86 valence electrons. The SMILES string of the molecule is Cc1cc(C)c(C(=O)N2CCNCC2)cn1. The molecule has 1 amide bonds. The smallest absolute Gasteiger partial charge is 0.255 e. The molecule has 0 aromatic carbocycles. The molecule has 0 atom stereocenters. The fourth-order valence-corrected chi connectivity index (χ4v) is 1.96. The number of amides is 1. The van der Waals surface area contributed by atoms with Crippen molar-refractivity contribution < 1.29 is 4.79 Å². The standard InChI is InChI=1S/C12H17N3O/c1-9-7-10(2)14-8-11(9)12(16)15-5-3-13-4-6-15/h7-8,13H,3-6H2,1-2H3. The molecule has 1 aromatic heterocycles. The van der Waals surface area contributed by atoms with Crippen molar-refractivity contribution in [1.82, 2.24) is 15.2 Å². The van der Waals surface area contributed by atoms with Gasteiger partial charge in [0.1, 0.15) is 0 Å². The Morgan fingerprint density at radius 2 is 2.06 bits per heavy atom. The lowest BCUT2D eigenvalue weighted by Crippen LogP contribution is -2.46. The fourth-order valence-electron chi connectivity index (χ4n) is 1.96. The summed E-state index contributed by atoms with van der Waals surface area (Å²) in [7, 11) is 0. The highest BCUT2D eigenvalue weighted by Gasteiger charge is 2.19. The molecule has 0 unspecified atom stereocenters. The maximum atomic E-state index is 12.2. The molecule has 4 nitrogen and oxygen atoms in total. The number of hydrogen-bond acceptors (Lipinski definition) is 3. The quantitative estimate of drug-likeness (QED) is 0.758. The van der Waals surface area contributed by atoms with Crippen molar-refractivity contribution in [3.05, 3.63) is 29.1 Å². The predicted octanol–water partition coefficient (Wildman–Crippen LogP) is 0.744. The summed E-state index contributed by atoms with van der Waals surface area (Å²) in [5.74, 6) is 0.103. The van der Waals surface area contributed by atoms with Crippen LogP contribution in [0, 0.1) is 13.8 Å². The molecule has 1 aliphatic heterocycles. The second-order valence-electron chi connectivity index (χ2n) is 4.18. The third-order valence-corrected chi connectivity index (χ3v) is 2.88. The number of nitrogens with zero attached hydrogens (tertiary/aromatic N) is 2. The Morgan fingerprint density at radius 3 is 2.69 bits per heavy atom. The molecule has 2 heterocycles. The topological polar surface area (TPSA) is 45.2 Å². The Balaban J connectivity index is 2.19. The lowest BCUT2D eigenvalue weighted by atomic mass is 10.1. The van der Waals surface area contributed by atoms with E-state index in [0.29, 0.717) is 0 Å². The van der Waals surface area contributed by atoms with Crippen molar-refractivity contribution >= 4 is 5.91 Å². The van der Waals surface area contributed by atoms with Gasteiger partial charge in [-0.05, 0) is 25.5 Å². The van der Waals surface area contributed by atoms with E-state index in [9.17, 15) is 4.79 Å². The van der Waals surface area contributed by atoms with Gasteiger partial charge in [0, 0.05) is 38.1 Å². The highest BCUT2D eigenvalue weighted by atomic mass is 16.2. The van der Waals surface area contributed by atoms with Gasteiger partial charge in [0.15, 0.2) is 0 Å². The first-order valence-corrected chi connectivity index (χ1v) is 5.62.